The average molecular weight is 326 g/mol. The second-order valence-corrected chi connectivity index (χ2v) is 6.38. The van der Waals surface area contributed by atoms with Crippen molar-refractivity contribution >= 4 is 21.6 Å². The van der Waals surface area contributed by atoms with Crippen molar-refractivity contribution in [3.63, 3.8) is 0 Å². The second kappa shape index (κ2) is 6.73. The van der Waals surface area contributed by atoms with E-state index < -0.39 is 0 Å². The largest absolute Gasteiger partial charge is 0.369 e. The summed E-state index contributed by atoms with van der Waals surface area (Å²) in [6.07, 6.45) is 2.58. The Kier molecular flexibility index (Phi) is 5.25. The molecular weight excluding hydrogens is 302 g/mol. The highest BCUT2D eigenvalue weighted by Crippen LogP contribution is 2.30. The van der Waals surface area contributed by atoms with E-state index in [2.05, 4.69) is 63.3 Å². The highest BCUT2D eigenvalue weighted by molar-refractivity contribution is 9.10. The lowest BCUT2D eigenvalue weighted by Crippen LogP contribution is -2.45. The van der Waals surface area contributed by atoms with Crippen LogP contribution in [0.5, 0.6) is 0 Å². The Morgan fingerprint density at radius 3 is 2.84 bits per heavy atom. The first-order valence-corrected chi connectivity index (χ1v) is 7.75. The van der Waals surface area contributed by atoms with E-state index in [0.717, 1.165) is 19.6 Å². The number of piperidine rings is 1. The van der Waals surface area contributed by atoms with Crippen LogP contribution < -0.4 is 10.2 Å². The van der Waals surface area contributed by atoms with E-state index in [4.69, 9.17) is 0 Å². The molecule has 2 rings (SSSR count). The molecule has 0 aliphatic carbocycles. The van der Waals surface area contributed by atoms with Crippen molar-refractivity contribution < 1.29 is 0 Å². The molecule has 1 atom stereocenters. The van der Waals surface area contributed by atoms with E-state index in [-0.39, 0.29) is 0 Å². The first kappa shape index (κ1) is 14.8. The number of likely N-dealkylation sites (N-methyl/N-ethyl adjacent to an activating group) is 1. The molecule has 1 fully saturated rings. The smallest absolute Gasteiger partial charge is 0.0511 e. The molecule has 0 aromatic heterocycles. The van der Waals surface area contributed by atoms with Crippen molar-refractivity contribution in [2.24, 2.45) is 0 Å². The molecule has 106 valence electrons. The third-order valence-corrected chi connectivity index (χ3v) is 4.50. The van der Waals surface area contributed by atoms with E-state index in [0.29, 0.717) is 6.04 Å². The first-order valence-electron chi connectivity index (χ1n) is 6.96. The van der Waals surface area contributed by atoms with Gasteiger partial charge in [0.15, 0.2) is 0 Å². The van der Waals surface area contributed by atoms with Crippen LogP contribution in [0, 0.1) is 0 Å². The predicted molar refractivity (Wildman–Crippen MR) is 85.8 cm³/mol. The van der Waals surface area contributed by atoms with Crippen LogP contribution in [0.25, 0.3) is 0 Å². The van der Waals surface area contributed by atoms with Crippen molar-refractivity contribution in [3.8, 4) is 0 Å². The average Bonchev–Trinajstić information content (AvgIpc) is 2.39. The predicted octanol–water partition coefficient (Wildman–Crippen LogP) is 2.70. The number of nitrogens with one attached hydrogen (secondary N) is 1. The van der Waals surface area contributed by atoms with Gasteiger partial charge in [-0.3, -0.25) is 0 Å². The van der Waals surface area contributed by atoms with Gasteiger partial charge in [-0.05, 0) is 67.6 Å². The SMILES string of the molecule is CNCc1ccc(N2CCCC(N(C)C)C2)c(Br)c1. The Balaban J connectivity index is 2.12. The van der Waals surface area contributed by atoms with Gasteiger partial charge in [-0.1, -0.05) is 6.07 Å². The highest BCUT2D eigenvalue weighted by Gasteiger charge is 2.22. The summed E-state index contributed by atoms with van der Waals surface area (Å²) in [6, 6.07) is 7.35. The fourth-order valence-corrected chi connectivity index (χ4v) is 3.39. The minimum atomic E-state index is 0.664. The van der Waals surface area contributed by atoms with Crippen LogP contribution in [0.15, 0.2) is 22.7 Å². The summed E-state index contributed by atoms with van der Waals surface area (Å²) in [4.78, 5) is 4.84. The molecule has 19 heavy (non-hydrogen) atoms. The molecule has 1 aliphatic heterocycles. The lowest BCUT2D eigenvalue weighted by atomic mass is 10.0. The van der Waals surface area contributed by atoms with Crippen LogP contribution in [0.1, 0.15) is 18.4 Å². The Hall–Kier alpha value is -0.580. The van der Waals surface area contributed by atoms with E-state index in [1.165, 1.54) is 28.6 Å². The standard InChI is InChI=1S/C15H24BrN3/c1-17-10-12-6-7-15(14(16)9-12)19-8-4-5-13(11-19)18(2)3/h6-7,9,13,17H,4-5,8,10-11H2,1-3H3. The third kappa shape index (κ3) is 3.71. The summed E-state index contributed by atoms with van der Waals surface area (Å²) in [5.41, 5.74) is 2.64. The molecule has 1 N–H and O–H groups in total. The van der Waals surface area contributed by atoms with E-state index in [9.17, 15) is 0 Å². The number of nitrogens with zero attached hydrogens (tertiary/aromatic N) is 2. The van der Waals surface area contributed by atoms with Gasteiger partial charge in [0.1, 0.15) is 0 Å². The quantitative estimate of drug-likeness (QED) is 0.918. The van der Waals surface area contributed by atoms with Crippen molar-refractivity contribution in [3.05, 3.63) is 28.2 Å². The molecular formula is C15H24BrN3. The minimum absolute atomic E-state index is 0.664. The fraction of sp³-hybridized carbons (Fsp3) is 0.600. The molecule has 1 aromatic carbocycles. The van der Waals surface area contributed by atoms with Crippen molar-refractivity contribution in [1.82, 2.24) is 10.2 Å². The number of anilines is 1. The molecule has 1 aromatic rings. The number of halogens is 1. The van der Waals surface area contributed by atoms with Crippen LogP contribution in [0.3, 0.4) is 0 Å². The number of rotatable bonds is 4. The van der Waals surface area contributed by atoms with E-state index >= 15 is 0 Å². The summed E-state index contributed by atoms with van der Waals surface area (Å²) in [7, 11) is 6.34. The molecule has 0 bridgehead atoms. The Morgan fingerprint density at radius 1 is 1.42 bits per heavy atom. The van der Waals surface area contributed by atoms with Gasteiger partial charge in [-0.25, -0.2) is 0 Å². The maximum absolute atomic E-state index is 3.73. The monoisotopic (exact) mass is 325 g/mol. The molecule has 0 radical (unpaired) electrons. The van der Waals surface area contributed by atoms with Gasteiger partial charge in [0.05, 0.1) is 5.69 Å². The number of hydrogen-bond donors (Lipinski definition) is 1. The zero-order valence-corrected chi connectivity index (χ0v) is 13.7. The van der Waals surface area contributed by atoms with Gasteiger partial charge in [-0.2, -0.15) is 0 Å². The molecule has 1 aliphatic rings. The third-order valence-electron chi connectivity index (χ3n) is 3.86. The van der Waals surface area contributed by atoms with Gasteiger partial charge in [0, 0.05) is 30.1 Å². The van der Waals surface area contributed by atoms with Crippen molar-refractivity contribution in [2.75, 3.05) is 39.1 Å². The molecule has 3 nitrogen and oxygen atoms in total. The number of hydrogen-bond acceptors (Lipinski definition) is 3. The van der Waals surface area contributed by atoms with Gasteiger partial charge in [0.25, 0.3) is 0 Å². The second-order valence-electron chi connectivity index (χ2n) is 5.52. The summed E-state index contributed by atoms with van der Waals surface area (Å²) < 4.78 is 1.21. The Morgan fingerprint density at radius 2 is 2.21 bits per heavy atom. The maximum atomic E-state index is 3.73. The highest BCUT2D eigenvalue weighted by atomic mass is 79.9. The van der Waals surface area contributed by atoms with Crippen LogP contribution in [-0.2, 0) is 6.54 Å². The zero-order chi connectivity index (χ0) is 13.8. The zero-order valence-electron chi connectivity index (χ0n) is 12.1. The van der Waals surface area contributed by atoms with Crippen LogP contribution in [-0.4, -0.2) is 45.2 Å². The summed E-state index contributed by atoms with van der Waals surface area (Å²) in [5, 5.41) is 3.19. The molecule has 1 heterocycles. The van der Waals surface area contributed by atoms with Crippen molar-refractivity contribution in [2.45, 2.75) is 25.4 Å². The van der Waals surface area contributed by atoms with Gasteiger partial charge in [0.2, 0.25) is 0 Å². The van der Waals surface area contributed by atoms with E-state index in [1.54, 1.807) is 0 Å². The topological polar surface area (TPSA) is 18.5 Å². The lowest BCUT2D eigenvalue weighted by Gasteiger charge is -2.38. The normalized spacial score (nSPS) is 20.1. The molecule has 4 heteroatoms. The fourth-order valence-electron chi connectivity index (χ4n) is 2.72. The Bertz CT molecular complexity index is 420. The number of benzene rings is 1. The van der Waals surface area contributed by atoms with Gasteiger partial charge >= 0.3 is 0 Å². The molecule has 1 unspecified atom stereocenters. The molecule has 0 saturated carbocycles. The summed E-state index contributed by atoms with van der Waals surface area (Å²) >= 11 is 3.73. The molecule has 0 spiro atoms. The maximum Gasteiger partial charge on any atom is 0.0511 e. The van der Waals surface area contributed by atoms with Crippen molar-refractivity contribution in [1.29, 1.82) is 0 Å². The van der Waals surface area contributed by atoms with Gasteiger partial charge in [-0.15, -0.1) is 0 Å². The van der Waals surface area contributed by atoms with Crippen LogP contribution in [0.4, 0.5) is 5.69 Å². The van der Waals surface area contributed by atoms with E-state index in [1.807, 2.05) is 7.05 Å². The van der Waals surface area contributed by atoms with Crippen LogP contribution >= 0.6 is 15.9 Å². The van der Waals surface area contributed by atoms with Crippen LogP contribution in [0.2, 0.25) is 0 Å². The summed E-state index contributed by atoms with van der Waals surface area (Å²) in [5.74, 6) is 0. The minimum Gasteiger partial charge on any atom is -0.369 e. The molecule has 0 amide bonds. The molecule has 1 saturated heterocycles. The Labute approximate surface area is 125 Å². The summed E-state index contributed by atoms with van der Waals surface area (Å²) in [6.45, 7) is 3.20. The lowest BCUT2D eigenvalue weighted by molar-refractivity contribution is 0.258. The first-order chi connectivity index (χ1) is 9.11. The van der Waals surface area contributed by atoms with Gasteiger partial charge < -0.3 is 15.1 Å².